The number of halogens is 1. The number of nitrogens with zero attached hydrogens (tertiary/aromatic N) is 4. The summed E-state index contributed by atoms with van der Waals surface area (Å²) in [4.78, 5) is 25.7. The first-order valence-corrected chi connectivity index (χ1v) is 16.3. The zero-order valence-electron chi connectivity index (χ0n) is 24.5. The first kappa shape index (κ1) is 32.6. The zero-order chi connectivity index (χ0) is 31.7. The Balaban J connectivity index is 1.45. The fourth-order valence-corrected chi connectivity index (χ4v) is 6.47. The molecule has 0 atom stereocenters. The number of anilines is 1. The molecule has 44 heavy (non-hydrogen) atoms. The van der Waals surface area contributed by atoms with E-state index in [2.05, 4.69) is 20.8 Å². The third-order valence-electron chi connectivity index (χ3n) is 6.43. The molecule has 0 unspecified atom stereocenters. The van der Waals surface area contributed by atoms with Crippen molar-refractivity contribution in [1.82, 2.24) is 24.4 Å². The number of aromatic nitrogens is 3. The van der Waals surface area contributed by atoms with Crippen molar-refractivity contribution in [3.63, 3.8) is 0 Å². The van der Waals surface area contributed by atoms with Crippen LogP contribution in [0.5, 0.6) is 5.75 Å². The van der Waals surface area contributed by atoms with Gasteiger partial charge in [0, 0.05) is 30.0 Å². The highest BCUT2D eigenvalue weighted by Gasteiger charge is 2.22. The topological polar surface area (TPSA) is 136 Å². The Morgan fingerprint density at radius 1 is 0.932 bits per heavy atom. The molecular formula is C30H33FN6O5S2. The molecule has 0 saturated carbocycles. The molecule has 14 heteroatoms. The Morgan fingerprint density at radius 3 is 2.20 bits per heavy atom. The monoisotopic (exact) mass is 640 g/mol. The van der Waals surface area contributed by atoms with Crippen LogP contribution in [0, 0.1) is 5.82 Å². The highest BCUT2D eigenvalue weighted by Crippen LogP contribution is 2.24. The number of sulfonamides is 1. The van der Waals surface area contributed by atoms with Crippen molar-refractivity contribution in [3.05, 3.63) is 90.0 Å². The standard InChI is InChI=1S/C30H33FN6O5S2/c1-4-36(5-2)44(40,41)26-17-7-21(8-18-26)29(39)32-19-27-34-35-30(37(27)24-13-9-22(31)10-14-24)43-20-28(38)33-23-11-15-25(16-12-23)42-6-3/h7-18H,4-6,19-20H2,1-3H3,(H,32,39)(H,33,38). The van der Waals surface area contributed by atoms with Crippen LogP contribution in [0.25, 0.3) is 5.69 Å². The van der Waals surface area contributed by atoms with Gasteiger partial charge >= 0.3 is 0 Å². The van der Waals surface area contributed by atoms with Crippen LogP contribution < -0.4 is 15.4 Å². The van der Waals surface area contributed by atoms with Crippen LogP contribution in [-0.2, 0) is 21.4 Å². The van der Waals surface area contributed by atoms with Crippen LogP contribution in [0.4, 0.5) is 10.1 Å². The van der Waals surface area contributed by atoms with E-state index < -0.39 is 21.7 Å². The van der Waals surface area contributed by atoms with E-state index in [-0.39, 0.29) is 28.7 Å². The second-order valence-electron chi connectivity index (χ2n) is 9.30. The largest absolute Gasteiger partial charge is 0.494 e. The molecule has 4 rings (SSSR count). The van der Waals surface area contributed by atoms with Gasteiger partial charge in [-0.05, 0) is 79.7 Å². The lowest BCUT2D eigenvalue weighted by atomic mass is 10.2. The molecule has 2 N–H and O–H groups in total. The minimum absolute atomic E-state index is 0.0155. The number of ether oxygens (including phenoxy) is 1. The van der Waals surface area contributed by atoms with Crippen LogP contribution in [0.15, 0.2) is 82.8 Å². The predicted molar refractivity (Wildman–Crippen MR) is 166 cm³/mol. The van der Waals surface area contributed by atoms with Crippen LogP contribution in [0.1, 0.15) is 37.0 Å². The summed E-state index contributed by atoms with van der Waals surface area (Å²) in [5, 5.41) is 14.4. The molecule has 0 bridgehead atoms. The van der Waals surface area contributed by atoms with Gasteiger partial charge in [0.1, 0.15) is 11.6 Å². The third-order valence-corrected chi connectivity index (χ3v) is 9.43. The summed E-state index contributed by atoms with van der Waals surface area (Å²) in [5.74, 6) is -0.0791. The number of nitrogens with one attached hydrogen (secondary N) is 2. The number of rotatable bonds is 14. The van der Waals surface area contributed by atoms with E-state index in [1.165, 1.54) is 40.7 Å². The van der Waals surface area contributed by atoms with Gasteiger partial charge in [-0.3, -0.25) is 14.2 Å². The van der Waals surface area contributed by atoms with E-state index in [1.807, 2.05) is 6.92 Å². The van der Waals surface area contributed by atoms with Gasteiger partial charge in [0.05, 0.1) is 23.8 Å². The lowest BCUT2D eigenvalue weighted by molar-refractivity contribution is -0.113. The van der Waals surface area contributed by atoms with Gasteiger partial charge in [-0.15, -0.1) is 10.2 Å². The van der Waals surface area contributed by atoms with Gasteiger partial charge in [-0.25, -0.2) is 12.8 Å². The normalized spacial score (nSPS) is 11.4. The smallest absolute Gasteiger partial charge is 0.251 e. The second kappa shape index (κ2) is 14.9. The summed E-state index contributed by atoms with van der Waals surface area (Å²) >= 11 is 1.13. The van der Waals surface area contributed by atoms with Crippen molar-refractivity contribution in [3.8, 4) is 11.4 Å². The summed E-state index contributed by atoms with van der Waals surface area (Å²) in [5.41, 5.74) is 1.42. The quantitative estimate of drug-likeness (QED) is 0.193. The lowest BCUT2D eigenvalue weighted by Gasteiger charge is -2.18. The number of benzene rings is 3. The molecule has 0 fully saturated rings. The first-order valence-electron chi connectivity index (χ1n) is 13.9. The number of carbonyl (C=O) groups is 2. The maximum Gasteiger partial charge on any atom is 0.251 e. The molecule has 0 aliphatic rings. The lowest BCUT2D eigenvalue weighted by Crippen LogP contribution is -2.30. The Morgan fingerprint density at radius 2 is 1.59 bits per heavy atom. The number of hydrogen-bond donors (Lipinski definition) is 2. The molecule has 11 nitrogen and oxygen atoms in total. The van der Waals surface area contributed by atoms with E-state index in [1.54, 1.807) is 54.8 Å². The minimum atomic E-state index is -3.65. The maximum atomic E-state index is 13.7. The molecule has 3 aromatic carbocycles. The van der Waals surface area contributed by atoms with Gasteiger partial charge in [0.2, 0.25) is 15.9 Å². The summed E-state index contributed by atoms with van der Waals surface area (Å²) < 4.78 is 47.6. The Hall–Kier alpha value is -4.27. The molecule has 2 amide bonds. The van der Waals surface area contributed by atoms with E-state index in [0.717, 1.165) is 11.8 Å². The first-order chi connectivity index (χ1) is 21.2. The van der Waals surface area contributed by atoms with Crippen molar-refractivity contribution >= 4 is 39.3 Å². The number of hydrogen-bond acceptors (Lipinski definition) is 8. The minimum Gasteiger partial charge on any atom is -0.494 e. The predicted octanol–water partition coefficient (Wildman–Crippen LogP) is 4.50. The van der Waals surface area contributed by atoms with E-state index in [9.17, 15) is 22.4 Å². The van der Waals surface area contributed by atoms with Gasteiger partial charge < -0.3 is 15.4 Å². The fourth-order valence-electron chi connectivity index (χ4n) is 4.24. The van der Waals surface area contributed by atoms with Crippen molar-refractivity contribution in [2.45, 2.75) is 37.4 Å². The molecular weight excluding hydrogens is 607 g/mol. The highest BCUT2D eigenvalue weighted by molar-refractivity contribution is 7.99. The summed E-state index contributed by atoms with van der Waals surface area (Å²) in [6.07, 6.45) is 0. The Labute approximate surface area is 259 Å². The van der Waals surface area contributed by atoms with E-state index in [0.29, 0.717) is 47.8 Å². The molecule has 1 aromatic heterocycles. The average molecular weight is 641 g/mol. The summed E-state index contributed by atoms with van der Waals surface area (Å²) in [7, 11) is -3.65. The molecule has 0 spiro atoms. The highest BCUT2D eigenvalue weighted by atomic mass is 32.2. The summed E-state index contributed by atoms with van der Waals surface area (Å²) in [6.45, 7) is 6.58. The van der Waals surface area contributed by atoms with Crippen LogP contribution in [0.3, 0.4) is 0 Å². The van der Waals surface area contributed by atoms with Crippen LogP contribution in [-0.4, -0.2) is 64.8 Å². The molecule has 0 saturated heterocycles. The van der Waals surface area contributed by atoms with Gasteiger partial charge in [0.15, 0.2) is 11.0 Å². The molecule has 1 heterocycles. The number of amides is 2. The summed E-state index contributed by atoms with van der Waals surface area (Å²) in [6, 6.07) is 18.4. The molecule has 232 valence electrons. The van der Waals surface area contributed by atoms with Crippen LogP contribution >= 0.6 is 11.8 Å². The Kier molecular flexibility index (Phi) is 11.1. The van der Waals surface area contributed by atoms with Crippen molar-refractivity contribution in [1.29, 1.82) is 0 Å². The number of carbonyl (C=O) groups excluding carboxylic acids is 2. The van der Waals surface area contributed by atoms with E-state index in [4.69, 9.17) is 4.74 Å². The van der Waals surface area contributed by atoms with Gasteiger partial charge in [-0.1, -0.05) is 25.6 Å². The molecule has 0 aliphatic heterocycles. The van der Waals surface area contributed by atoms with Crippen molar-refractivity contribution in [2.75, 3.05) is 30.8 Å². The van der Waals surface area contributed by atoms with Crippen molar-refractivity contribution < 1.29 is 27.1 Å². The zero-order valence-corrected chi connectivity index (χ0v) is 26.1. The molecule has 4 aromatic rings. The second-order valence-corrected chi connectivity index (χ2v) is 12.2. The molecule has 0 radical (unpaired) electrons. The van der Waals surface area contributed by atoms with Crippen molar-refractivity contribution in [2.24, 2.45) is 0 Å². The van der Waals surface area contributed by atoms with Gasteiger partial charge in [0.25, 0.3) is 5.91 Å². The third kappa shape index (κ3) is 8.01. The number of thioether (sulfide) groups is 1. The average Bonchev–Trinajstić information content (AvgIpc) is 3.43. The van der Waals surface area contributed by atoms with E-state index >= 15 is 0 Å². The maximum absolute atomic E-state index is 13.7. The Bertz CT molecular complexity index is 1670. The fraction of sp³-hybridized carbons (Fsp3) is 0.267. The van der Waals surface area contributed by atoms with Gasteiger partial charge in [-0.2, -0.15) is 4.31 Å². The SMILES string of the molecule is CCOc1ccc(NC(=O)CSc2nnc(CNC(=O)c3ccc(S(=O)(=O)N(CC)CC)cc3)n2-c2ccc(F)cc2)cc1. The van der Waals surface area contributed by atoms with Crippen LogP contribution in [0.2, 0.25) is 0 Å². The molecule has 0 aliphatic carbocycles.